The molecule has 1 saturated heterocycles. The summed E-state index contributed by atoms with van der Waals surface area (Å²) < 4.78 is 10.6. The standard InChI is InChI=1S/C18H22N2O3S/c1-22-16-4-2-14(3-5-16)18(21)19-12-17(15-6-11-24-13-15)20-7-9-23-10-8-20/h2-6,11,13,17H,7-10,12H2,1H3,(H,19,21)/t17-/m1/s1. The molecule has 1 fully saturated rings. The molecule has 1 aliphatic heterocycles. The van der Waals surface area contributed by atoms with Crippen molar-refractivity contribution in [3.8, 4) is 5.75 Å². The van der Waals surface area contributed by atoms with Crippen LogP contribution in [0.15, 0.2) is 41.1 Å². The lowest BCUT2D eigenvalue weighted by atomic mass is 10.1. The maximum absolute atomic E-state index is 12.4. The van der Waals surface area contributed by atoms with E-state index in [0.717, 1.165) is 32.1 Å². The molecular formula is C18H22N2O3S. The number of morpholine rings is 1. The first-order valence-electron chi connectivity index (χ1n) is 8.04. The molecule has 128 valence electrons. The molecule has 1 atom stereocenters. The van der Waals surface area contributed by atoms with Gasteiger partial charge in [-0.05, 0) is 46.7 Å². The largest absolute Gasteiger partial charge is 0.497 e. The number of thiophene rings is 1. The third kappa shape index (κ3) is 4.14. The molecule has 1 aromatic carbocycles. The number of hydrogen-bond donors (Lipinski definition) is 1. The summed E-state index contributed by atoms with van der Waals surface area (Å²) >= 11 is 1.68. The topological polar surface area (TPSA) is 50.8 Å². The Labute approximate surface area is 146 Å². The number of ether oxygens (including phenoxy) is 2. The highest BCUT2D eigenvalue weighted by Crippen LogP contribution is 2.23. The van der Waals surface area contributed by atoms with Gasteiger partial charge in [-0.1, -0.05) is 0 Å². The molecule has 24 heavy (non-hydrogen) atoms. The van der Waals surface area contributed by atoms with Crippen LogP contribution in [0.4, 0.5) is 0 Å². The first-order chi connectivity index (χ1) is 11.8. The Morgan fingerprint density at radius 2 is 2.04 bits per heavy atom. The highest BCUT2D eigenvalue weighted by atomic mass is 32.1. The highest BCUT2D eigenvalue weighted by Gasteiger charge is 2.23. The van der Waals surface area contributed by atoms with Gasteiger partial charge in [0, 0.05) is 25.2 Å². The van der Waals surface area contributed by atoms with Crippen molar-refractivity contribution in [2.45, 2.75) is 6.04 Å². The predicted molar refractivity (Wildman–Crippen MR) is 94.8 cm³/mol. The molecule has 1 N–H and O–H groups in total. The van der Waals surface area contributed by atoms with Gasteiger partial charge in [-0.2, -0.15) is 11.3 Å². The van der Waals surface area contributed by atoms with Crippen LogP contribution in [0.3, 0.4) is 0 Å². The van der Waals surface area contributed by atoms with E-state index in [1.807, 2.05) is 0 Å². The number of amides is 1. The number of carbonyl (C=O) groups is 1. The summed E-state index contributed by atoms with van der Waals surface area (Å²) in [5.41, 5.74) is 1.89. The predicted octanol–water partition coefficient (Wildman–Crippen LogP) is 2.56. The van der Waals surface area contributed by atoms with Crippen LogP contribution in [0.25, 0.3) is 0 Å². The lowest BCUT2D eigenvalue weighted by molar-refractivity contribution is 0.0163. The SMILES string of the molecule is COc1ccc(C(=O)NC[C@H](c2ccsc2)N2CCOCC2)cc1. The number of nitrogens with one attached hydrogen (secondary N) is 1. The Balaban J connectivity index is 1.65. The second-order valence-electron chi connectivity index (χ2n) is 5.66. The third-order valence-corrected chi connectivity index (χ3v) is 4.92. The number of carbonyl (C=O) groups excluding carboxylic acids is 1. The van der Waals surface area contributed by atoms with Gasteiger partial charge in [0.05, 0.1) is 26.4 Å². The van der Waals surface area contributed by atoms with E-state index >= 15 is 0 Å². The van der Waals surface area contributed by atoms with Crippen LogP contribution in [0.2, 0.25) is 0 Å². The van der Waals surface area contributed by atoms with Crippen molar-refractivity contribution < 1.29 is 14.3 Å². The minimum atomic E-state index is -0.0638. The molecular weight excluding hydrogens is 324 g/mol. The first kappa shape index (κ1) is 17.0. The van der Waals surface area contributed by atoms with Gasteiger partial charge < -0.3 is 14.8 Å². The summed E-state index contributed by atoms with van der Waals surface area (Å²) in [5.74, 6) is 0.683. The quantitative estimate of drug-likeness (QED) is 0.873. The smallest absolute Gasteiger partial charge is 0.251 e. The average Bonchev–Trinajstić information content (AvgIpc) is 3.17. The molecule has 1 aliphatic rings. The normalized spacial score (nSPS) is 16.5. The van der Waals surface area contributed by atoms with E-state index in [1.165, 1.54) is 5.56 Å². The van der Waals surface area contributed by atoms with Gasteiger partial charge >= 0.3 is 0 Å². The fourth-order valence-electron chi connectivity index (χ4n) is 2.85. The number of methoxy groups -OCH3 is 1. The summed E-state index contributed by atoms with van der Waals surface area (Å²) in [7, 11) is 1.61. The Morgan fingerprint density at radius 3 is 2.67 bits per heavy atom. The summed E-state index contributed by atoms with van der Waals surface area (Å²) in [6.07, 6.45) is 0. The lowest BCUT2D eigenvalue weighted by Gasteiger charge is -2.34. The van der Waals surface area contributed by atoms with Crippen molar-refractivity contribution in [2.24, 2.45) is 0 Å². The van der Waals surface area contributed by atoms with Crippen molar-refractivity contribution in [1.82, 2.24) is 10.2 Å². The van der Waals surface area contributed by atoms with Crippen LogP contribution in [0.5, 0.6) is 5.75 Å². The monoisotopic (exact) mass is 346 g/mol. The fraction of sp³-hybridized carbons (Fsp3) is 0.389. The van der Waals surface area contributed by atoms with Gasteiger partial charge in [0.15, 0.2) is 0 Å². The Morgan fingerprint density at radius 1 is 1.29 bits per heavy atom. The van der Waals surface area contributed by atoms with Crippen LogP contribution in [0.1, 0.15) is 22.0 Å². The van der Waals surface area contributed by atoms with E-state index in [9.17, 15) is 4.79 Å². The molecule has 0 unspecified atom stereocenters. The highest BCUT2D eigenvalue weighted by molar-refractivity contribution is 7.07. The van der Waals surface area contributed by atoms with Gasteiger partial charge in [0.2, 0.25) is 0 Å². The number of nitrogens with zero attached hydrogens (tertiary/aromatic N) is 1. The molecule has 0 saturated carbocycles. The van der Waals surface area contributed by atoms with Crippen molar-refractivity contribution in [3.05, 3.63) is 52.2 Å². The summed E-state index contributed by atoms with van der Waals surface area (Å²) in [4.78, 5) is 14.8. The van der Waals surface area contributed by atoms with Crippen molar-refractivity contribution >= 4 is 17.2 Å². The lowest BCUT2D eigenvalue weighted by Crippen LogP contribution is -2.43. The van der Waals surface area contributed by atoms with Gasteiger partial charge in [-0.15, -0.1) is 0 Å². The Kier molecular flexibility index (Phi) is 5.85. The van der Waals surface area contributed by atoms with Crippen molar-refractivity contribution in [1.29, 1.82) is 0 Å². The van der Waals surface area contributed by atoms with E-state index in [0.29, 0.717) is 12.1 Å². The van der Waals surface area contributed by atoms with Gasteiger partial charge in [-0.25, -0.2) is 0 Å². The first-order valence-corrected chi connectivity index (χ1v) is 8.98. The molecule has 0 radical (unpaired) electrons. The number of benzene rings is 1. The second-order valence-corrected chi connectivity index (χ2v) is 6.44. The minimum absolute atomic E-state index is 0.0638. The maximum Gasteiger partial charge on any atom is 0.251 e. The maximum atomic E-state index is 12.4. The molecule has 6 heteroatoms. The number of hydrogen-bond acceptors (Lipinski definition) is 5. The van der Waals surface area contributed by atoms with Crippen LogP contribution < -0.4 is 10.1 Å². The van der Waals surface area contributed by atoms with E-state index in [4.69, 9.17) is 9.47 Å². The summed E-state index contributed by atoms with van der Waals surface area (Å²) in [5, 5.41) is 7.29. The van der Waals surface area contributed by atoms with E-state index in [2.05, 4.69) is 27.0 Å². The molecule has 3 rings (SSSR count). The fourth-order valence-corrected chi connectivity index (χ4v) is 3.55. The molecule has 2 heterocycles. The third-order valence-electron chi connectivity index (χ3n) is 4.22. The molecule has 0 aliphatic carbocycles. The van der Waals surface area contributed by atoms with Crippen LogP contribution >= 0.6 is 11.3 Å². The Hall–Kier alpha value is -1.89. The van der Waals surface area contributed by atoms with Crippen molar-refractivity contribution in [3.63, 3.8) is 0 Å². The zero-order valence-corrected chi connectivity index (χ0v) is 14.6. The zero-order valence-electron chi connectivity index (χ0n) is 13.7. The molecule has 2 aromatic rings. The van der Waals surface area contributed by atoms with Crippen LogP contribution in [0, 0.1) is 0 Å². The molecule has 1 amide bonds. The van der Waals surface area contributed by atoms with E-state index < -0.39 is 0 Å². The zero-order chi connectivity index (χ0) is 16.8. The molecule has 0 bridgehead atoms. The Bertz CT molecular complexity index is 637. The second kappa shape index (κ2) is 8.28. The van der Waals surface area contributed by atoms with Crippen LogP contribution in [-0.4, -0.2) is 50.8 Å². The molecule has 0 spiro atoms. The molecule has 1 aromatic heterocycles. The van der Waals surface area contributed by atoms with Crippen LogP contribution in [-0.2, 0) is 4.74 Å². The average molecular weight is 346 g/mol. The van der Waals surface area contributed by atoms with Crippen molar-refractivity contribution in [2.75, 3.05) is 40.0 Å². The van der Waals surface area contributed by atoms with Gasteiger partial charge in [0.1, 0.15) is 5.75 Å². The molecule has 5 nitrogen and oxygen atoms in total. The number of rotatable bonds is 6. The van der Waals surface area contributed by atoms with Gasteiger partial charge in [0.25, 0.3) is 5.91 Å². The van der Waals surface area contributed by atoms with E-state index in [-0.39, 0.29) is 11.9 Å². The minimum Gasteiger partial charge on any atom is -0.497 e. The summed E-state index contributed by atoms with van der Waals surface area (Å²) in [6, 6.07) is 9.47. The van der Waals surface area contributed by atoms with E-state index in [1.54, 1.807) is 42.7 Å². The van der Waals surface area contributed by atoms with Gasteiger partial charge in [-0.3, -0.25) is 9.69 Å². The summed E-state index contributed by atoms with van der Waals surface area (Å²) in [6.45, 7) is 3.85.